The van der Waals surface area contributed by atoms with Crippen molar-refractivity contribution in [3.8, 4) is 6.07 Å². The summed E-state index contributed by atoms with van der Waals surface area (Å²) in [5.74, 6) is 0. The van der Waals surface area contributed by atoms with Crippen LogP contribution in [0.25, 0.3) is 11.0 Å². The summed E-state index contributed by atoms with van der Waals surface area (Å²) in [5.41, 5.74) is 1.99. The normalized spacial score (nSPS) is 10.2. The lowest BCUT2D eigenvalue weighted by Crippen LogP contribution is -1.83. The van der Waals surface area contributed by atoms with E-state index >= 15 is 0 Å². The first-order chi connectivity index (χ1) is 6.20. The van der Waals surface area contributed by atoms with Gasteiger partial charge in [-0.1, -0.05) is 11.6 Å². The summed E-state index contributed by atoms with van der Waals surface area (Å²) in [4.78, 5) is 7.10. The number of fused-ring (bicyclic) bond motifs is 1. The first kappa shape index (κ1) is 8.09. The van der Waals surface area contributed by atoms with Crippen LogP contribution in [0, 0.1) is 18.3 Å². The van der Waals surface area contributed by atoms with Gasteiger partial charge in [-0.3, -0.25) is 0 Å². The van der Waals surface area contributed by atoms with Gasteiger partial charge in [0.05, 0.1) is 5.02 Å². The minimum absolute atomic E-state index is 0.333. The van der Waals surface area contributed by atoms with E-state index in [1.807, 2.05) is 19.1 Å². The molecule has 0 radical (unpaired) electrons. The summed E-state index contributed by atoms with van der Waals surface area (Å²) in [5, 5.41) is 10.1. The van der Waals surface area contributed by atoms with Gasteiger partial charge in [-0.25, -0.2) is 4.98 Å². The van der Waals surface area contributed by atoms with Gasteiger partial charge in [-0.05, 0) is 19.1 Å². The number of hydrogen-bond donors (Lipinski definition) is 1. The van der Waals surface area contributed by atoms with Crippen molar-refractivity contribution < 1.29 is 0 Å². The van der Waals surface area contributed by atoms with Crippen molar-refractivity contribution >= 4 is 22.6 Å². The lowest BCUT2D eigenvalue weighted by atomic mass is 10.3. The van der Waals surface area contributed by atoms with E-state index in [1.54, 1.807) is 6.07 Å². The van der Waals surface area contributed by atoms with E-state index in [4.69, 9.17) is 16.9 Å². The third-order valence-electron chi connectivity index (χ3n) is 1.80. The van der Waals surface area contributed by atoms with Crippen molar-refractivity contribution in [3.05, 3.63) is 28.5 Å². The van der Waals surface area contributed by atoms with Gasteiger partial charge < -0.3 is 4.98 Å². The number of nitrogens with one attached hydrogen (secondary N) is 1. The monoisotopic (exact) mass is 191 g/mol. The van der Waals surface area contributed by atoms with Crippen molar-refractivity contribution in [3.63, 3.8) is 0 Å². The molecule has 0 aromatic carbocycles. The number of nitrogens with zero attached hydrogens (tertiary/aromatic N) is 2. The van der Waals surface area contributed by atoms with Gasteiger partial charge >= 0.3 is 0 Å². The summed E-state index contributed by atoms with van der Waals surface area (Å²) < 4.78 is 0. The Morgan fingerprint density at radius 1 is 1.54 bits per heavy atom. The van der Waals surface area contributed by atoms with Crippen LogP contribution < -0.4 is 0 Å². The van der Waals surface area contributed by atoms with Crippen LogP contribution in [0.5, 0.6) is 0 Å². The molecule has 2 heterocycles. The Morgan fingerprint density at radius 2 is 2.31 bits per heavy atom. The second-order valence-corrected chi connectivity index (χ2v) is 3.22. The Hall–Kier alpha value is -1.53. The third-order valence-corrected chi connectivity index (χ3v) is 2.11. The van der Waals surface area contributed by atoms with Crippen molar-refractivity contribution in [2.24, 2.45) is 0 Å². The molecule has 1 N–H and O–H groups in total. The highest BCUT2D eigenvalue weighted by Crippen LogP contribution is 2.23. The van der Waals surface area contributed by atoms with E-state index in [0.717, 1.165) is 11.1 Å². The first-order valence-electron chi connectivity index (χ1n) is 3.76. The van der Waals surface area contributed by atoms with Crippen LogP contribution in [0.2, 0.25) is 5.02 Å². The molecule has 2 aromatic heterocycles. The summed E-state index contributed by atoms with van der Waals surface area (Å²) >= 11 is 5.94. The zero-order valence-corrected chi connectivity index (χ0v) is 7.68. The number of hydrogen-bond acceptors (Lipinski definition) is 2. The first-order valence-corrected chi connectivity index (χ1v) is 4.14. The predicted molar refractivity (Wildman–Crippen MR) is 50.6 cm³/mol. The largest absolute Gasteiger partial charge is 0.343 e. The van der Waals surface area contributed by atoms with E-state index in [9.17, 15) is 0 Å². The van der Waals surface area contributed by atoms with Crippen LogP contribution in [-0.4, -0.2) is 9.97 Å². The van der Waals surface area contributed by atoms with Crippen molar-refractivity contribution in [1.29, 1.82) is 5.26 Å². The maximum absolute atomic E-state index is 8.64. The number of aryl methyl sites for hydroxylation is 1. The summed E-state index contributed by atoms with van der Waals surface area (Å²) in [6.45, 7) is 1.92. The van der Waals surface area contributed by atoms with Crippen LogP contribution in [-0.2, 0) is 0 Å². The minimum Gasteiger partial charge on any atom is -0.343 e. The molecule has 13 heavy (non-hydrogen) atoms. The topological polar surface area (TPSA) is 52.5 Å². The highest BCUT2D eigenvalue weighted by atomic mass is 35.5. The molecule has 0 amide bonds. The van der Waals surface area contributed by atoms with Crippen molar-refractivity contribution in [2.75, 3.05) is 0 Å². The number of nitriles is 1. The van der Waals surface area contributed by atoms with Crippen LogP contribution in [0.4, 0.5) is 0 Å². The minimum atomic E-state index is 0.333. The Bertz CT molecular complexity index is 507. The highest BCUT2D eigenvalue weighted by molar-refractivity contribution is 6.35. The average Bonchev–Trinajstić information content (AvgIpc) is 2.46. The molecule has 3 nitrogen and oxygen atoms in total. The van der Waals surface area contributed by atoms with Crippen molar-refractivity contribution in [2.45, 2.75) is 6.92 Å². The van der Waals surface area contributed by atoms with Gasteiger partial charge in [0.25, 0.3) is 0 Å². The Balaban J connectivity index is 2.85. The summed E-state index contributed by atoms with van der Waals surface area (Å²) in [6, 6.07) is 5.43. The fourth-order valence-corrected chi connectivity index (χ4v) is 1.50. The number of aromatic amines is 1. The molecular weight excluding hydrogens is 186 g/mol. The molecule has 2 aromatic rings. The second-order valence-electron chi connectivity index (χ2n) is 2.82. The van der Waals surface area contributed by atoms with Gasteiger partial charge in [0.1, 0.15) is 17.4 Å². The van der Waals surface area contributed by atoms with Crippen molar-refractivity contribution in [1.82, 2.24) is 9.97 Å². The molecule has 0 fully saturated rings. The van der Waals surface area contributed by atoms with Gasteiger partial charge in [-0.15, -0.1) is 0 Å². The van der Waals surface area contributed by atoms with Crippen LogP contribution in [0.1, 0.15) is 11.4 Å². The van der Waals surface area contributed by atoms with Crippen LogP contribution in [0.15, 0.2) is 12.1 Å². The third kappa shape index (κ3) is 1.25. The van der Waals surface area contributed by atoms with Crippen LogP contribution in [0.3, 0.4) is 0 Å². The molecule has 64 valence electrons. The number of aromatic nitrogens is 2. The molecule has 0 atom stereocenters. The van der Waals surface area contributed by atoms with E-state index in [1.165, 1.54) is 0 Å². The molecule has 2 rings (SSSR count). The van der Waals surface area contributed by atoms with E-state index < -0.39 is 0 Å². The molecule has 0 aliphatic rings. The zero-order valence-electron chi connectivity index (χ0n) is 6.93. The van der Waals surface area contributed by atoms with E-state index in [2.05, 4.69) is 9.97 Å². The van der Waals surface area contributed by atoms with E-state index in [-0.39, 0.29) is 0 Å². The number of pyridine rings is 1. The zero-order chi connectivity index (χ0) is 9.42. The van der Waals surface area contributed by atoms with Gasteiger partial charge in [0.15, 0.2) is 0 Å². The lowest BCUT2D eigenvalue weighted by molar-refractivity contribution is 1.23. The molecule has 0 bridgehead atoms. The summed E-state index contributed by atoms with van der Waals surface area (Å²) in [6.07, 6.45) is 0. The fourth-order valence-electron chi connectivity index (χ4n) is 1.25. The molecule has 0 saturated heterocycles. The molecular formula is C9H6ClN3. The Kier molecular flexibility index (Phi) is 1.71. The molecule has 0 unspecified atom stereocenters. The second kappa shape index (κ2) is 2.75. The SMILES string of the molecule is Cc1cc2c(Cl)cc(C#N)nc2[nH]1. The molecule has 0 aliphatic heterocycles. The molecule has 4 heteroatoms. The summed E-state index contributed by atoms with van der Waals surface area (Å²) in [7, 11) is 0. The molecule has 0 aliphatic carbocycles. The lowest BCUT2D eigenvalue weighted by Gasteiger charge is -1.93. The number of rotatable bonds is 0. The fraction of sp³-hybridized carbons (Fsp3) is 0.111. The highest BCUT2D eigenvalue weighted by Gasteiger charge is 2.05. The molecule has 0 spiro atoms. The van der Waals surface area contributed by atoms with E-state index in [0.29, 0.717) is 16.4 Å². The van der Waals surface area contributed by atoms with Gasteiger partial charge in [0.2, 0.25) is 0 Å². The van der Waals surface area contributed by atoms with Gasteiger partial charge in [-0.2, -0.15) is 5.26 Å². The predicted octanol–water partition coefficient (Wildman–Crippen LogP) is 2.40. The number of halogens is 1. The number of H-pyrrole nitrogens is 1. The maximum Gasteiger partial charge on any atom is 0.144 e. The standard InChI is InChI=1S/C9H6ClN3/c1-5-2-7-8(10)3-6(4-11)13-9(7)12-5/h2-3H,1H3,(H,12,13). The maximum atomic E-state index is 8.64. The van der Waals surface area contributed by atoms with Gasteiger partial charge in [0, 0.05) is 11.1 Å². The smallest absolute Gasteiger partial charge is 0.144 e. The Morgan fingerprint density at radius 3 is 3.00 bits per heavy atom. The van der Waals surface area contributed by atoms with Crippen LogP contribution >= 0.6 is 11.6 Å². The molecule has 0 saturated carbocycles. The average molecular weight is 192 g/mol. The Labute approximate surface area is 80.0 Å². The quantitative estimate of drug-likeness (QED) is 0.695.